The normalized spacial score (nSPS) is 11.9. The van der Waals surface area contributed by atoms with Gasteiger partial charge >= 0.3 is 6.18 Å². The van der Waals surface area contributed by atoms with Crippen molar-refractivity contribution in [1.82, 2.24) is 0 Å². The van der Waals surface area contributed by atoms with E-state index in [1.54, 1.807) is 0 Å². The highest BCUT2D eigenvalue weighted by Crippen LogP contribution is 2.36. The average molecular weight is 354 g/mol. The van der Waals surface area contributed by atoms with Crippen LogP contribution in [0.25, 0.3) is 0 Å². The van der Waals surface area contributed by atoms with Gasteiger partial charge in [0.15, 0.2) is 0 Å². The lowest BCUT2D eigenvalue weighted by atomic mass is 10.1. The maximum absolute atomic E-state index is 12.8. The zero-order valence-electron chi connectivity index (χ0n) is 11.6. The van der Waals surface area contributed by atoms with Crippen molar-refractivity contribution >= 4 is 21.6 Å². The number of alkyl halides is 3. The smallest absolute Gasteiger partial charge is 0.385 e. The third kappa shape index (κ3) is 6.13. The lowest BCUT2D eigenvalue weighted by Crippen LogP contribution is -2.12. The number of anilines is 1. The van der Waals surface area contributed by atoms with E-state index in [4.69, 9.17) is 4.74 Å². The van der Waals surface area contributed by atoms with Crippen LogP contribution in [0.3, 0.4) is 0 Å². The molecule has 0 atom stereocenters. The molecule has 2 nitrogen and oxygen atoms in total. The summed E-state index contributed by atoms with van der Waals surface area (Å²) in [6, 6.07) is 3.92. The number of hydrogen-bond acceptors (Lipinski definition) is 2. The molecule has 0 saturated heterocycles. The van der Waals surface area contributed by atoms with Crippen LogP contribution in [-0.2, 0) is 10.9 Å². The molecule has 20 heavy (non-hydrogen) atoms. The summed E-state index contributed by atoms with van der Waals surface area (Å²) in [4.78, 5) is 0. The SMILES string of the molecule is CC(C)OCCCCNc1cc(Br)ccc1C(F)(F)F. The first kappa shape index (κ1) is 17.3. The molecule has 1 N–H and O–H groups in total. The summed E-state index contributed by atoms with van der Waals surface area (Å²) in [5.41, 5.74) is -0.532. The number of ether oxygens (including phenoxy) is 1. The minimum Gasteiger partial charge on any atom is -0.385 e. The van der Waals surface area contributed by atoms with Crippen molar-refractivity contribution in [3.8, 4) is 0 Å². The quantitative estimate of drug-likeness (QED) is 0.689. The molecule has 0 aromatic heterocycles. The molecule has 0 amide bonds. The molecule has 0 spiro atoms. The van der Waals surface area contributed by atoms with E-state index < -0.39 is 11.7 Å². The fourth-order valence-electron chi connectivity index (χ4n) is 1.68. The highest BCUT2D eigenvalue weighted by atomic mass is 79.9. The summed E-state index contributed by atoms with van der Waals surface area (Å²) < 4.78 is 44.5. The summed E-state index contributed by atoms with van der Waals surface area (Å²) in [6.07, 6.45) is -2.58. The molecule has 6 heteroatoms. The van der Waals surface area contributed by atoms with Crippen molar-refractivity contribution in [2.24, 2.45) is 0 Å². The van der Waals surface area contributed by atoms with Gasteiger partial charge in [0.05, 0.1) is 11.7 Å². The number of hydrogen-bond donors (Lipinski definition) is 1. The second-order valence-electron chi connectivity index (χ2n) is 4.74. The van der Waals surface area contributed by atoms with E-state index in [0.717, 1.165) is 18.9 Å². The molecule has 0 aliphatic carbocycles. The van der Waals surface area contributed by atoms with E-state index in [2.05, 4.69) is 21.2 Å². The molecule has 1 rings (SSSR count). The van der Waals surface area contributed by atoms with Crippen molar-refractivity contribution < 1.29 is 17.9 Å². The zero-order valence-corrected chi connectivity index (χ0v) is 13.1. The first-order valence-electron chi connectivity index (χ1n) is 6.53. The van der Waals surface area contributed by atoms with Gasteiger partial charge in [-0.15, -0.1) is 0 Å². The third-order valence-electron chi connectivity index (χ3n) is 2.62. The first-order valence-corrected chi connectivity index (χ1v) is 7.32. The van der Waals surface area contributed by atoms with Gasteiger partial charge in [-0.25, -0.2) is 0 Å². The average Bonchev–Trinajstić information content (AvgIpc) is 2.31. The fourth-order valence-corrected chi connectivity index (χ4v) is 2.04. The van der Waals surface area contributed by atoms with Crippen molar-refractivity contribution in [2.75, 3.05) is 18.5 Å². The third-order valence-corrected chi connectivity index (χ3v) is 3.12. The van der Waals surface area contributed by atoms with Gasteiger partial charge < -0.3 is 10.1 Å². The second-order valence-corrected chi connectivity index (χ2v) is 5.66. The van der Waals surface area contributed by atoms with Gasteiger partial charge in [-0.1, -0.05) is 15.9 Å². The Labute approximate surface area is 125 Å². The molecule has 0 radical (unpaired) electrons. The van der Waals surface area contributed by atoms with Crippen LogP contribution in [0.1, 0.15) is 32.3 Å². The molecule has 0 saturated carbocycles. The highest BCUT2D eigenvalue weighted by Gasteiger charge is 2.33. The fraction of sp³-hybridized carbons (Fsp3) is 0.571. The Balaban J connectivity index is 2.49. The number of halogens is 4. The monoisotopic (exact) mass is 353 g/mol. The van der Waals surface area contributed by atoms with Gasteiger partial charge in [-0.3, -0.25) is 0 Å². The molecule has 0 bridgehead atoms. The van der Waals surface area contributed by atoms with Crippen LogP contribution in [0, 0.1) is 0 Å². The van der Waals surface area contributed by atoms with E-state index in [-0.39, 0.29) is 11.8 Å². The Bertz CT molecular complexity index is 421. The summed E-state index contributed by atoms with van der Waals surface area (Å²) >= 11 is 3.19. The van der Waals surface area contributed by atoms with Gasteiger partial charge in [0.2, 0.25) is 0 Å². The zero-order chi connectivity index (χ0) is 15.2. The maximum Gasteiger partial charge on any atom is 0.418 e. The van der Waals surface area contributed by atoms with Crippen LogP contribution in [0.4, 0.5) is 18.9 Å². The number of nitrogens with one attached hydrogen (secondary N) is 1. The minimum atomic E-state index is -4.34. The Morgan fingerprint density at radius 3 is 2.55 bits per heavy atom. The Morgan fingerprint density at radius 2 is 1.95 bits per heavy atom. The van der Waals surface area contributed by atoms with Crippen molar-refractivity contribution in [3.63, 3.8) is 0 Å². The molecule has 1 aromatic rings. The molecular weight excluding hydrogens is 335 g/mol. The number of rotatable bonds is 7. The molecular formula is C14H19BrF3NO. The van der Waals surface area contributed by atoms with E-state index in [0.29, 0.717) is 17.6 Å². The number of unbranched alkanes of at least 4 members (excludes halogenated alkanes) is 1. The lowest BCUT2D eigenvalue weighted by molar-refractivity contribution is -0.137. The molecule has 0 aliphatic heterocycles. The van der Waals surface area contributed by atoms with Gasteiger partial charge in [-0.05, 0) is 44.9 Å². The molecule has 0 heterocycles. The Kier molecular flexibility index (Phi) is 6.82. The van der Waals surface area contributed by atoms with Crippen LogP contribution in [0.5, 0.6) is 0 Å². The first-order chi connectivity index (χ1) is 9.30. The van der Waals surface area contributed by atoms with Gasteiger partial charge in [0, 0.05) is 23.3 Å². The largest absolute Gasteiger partial charge is 0.418 e. The number of benzene rings is 1. The summed E-state index contributed by atoms with van der Waals surface area (Å²) in [5, 5.41) is 2.84. The van der Waals surface area contributed by atoms with Crippen molar-refractivity contribution in [3.05, 3.63) is 28.2 Å². The van der Waals surface area contributed by atoms with Gasteiger partial charge in [0.25, 0.3) is 0 Å². The minimum absolute atomic E-state index is 0.108. The Hall–Kier alpha value is -0.750. The molecule has 0 fully saturated rings. The van der Waals surface area contributed by atoms with E-state index in [1.807, 2.05) is 13.8 Å². The molecule has 114 valence electrons. The van der Waals surface area contributed by atoms with Crippen molar-refractivity contribution in [2.45, 2.75) is 39.0 Å². The van der Waals surface area contributed by atoms with E-state index >= 15 is 0 Å². The van der Waals surface area contributed by atoms with Gasteiger partial charge in [0.1, 0.15) is 0 Å². The van der Waals surface area contributed by atoms with E-state index in [9.17, 15) is 13.2 Å². The molecule has 0 unspecified atom stereocenters. The van der Waals surface area contributed by atoms with E-state index in [1.165, 1.54) is 12.1 Å². The molecule has 0 aliphatic rings. The van der Waals surface area contributed by atoms with Crippen LogP contribution >= 0.6 is 15.9 Å². The lowest BCUT2D eigenvalue weighted by Gasteiger charge is -2.15. The van der Waals surface area contributed by atoms with Crippen LogP contribution in [-0.4, -0.2) is 19.3 Å². The summed E-state index contributed by atoms with van der Waals surface area (Å²) in [7, 11) is 0. The van der Waals surface area contributed by atoms with Crippen LogP contribution in [0.2, 0.25) is 0 Å². The van der Waals surface area contributed by atoms with Crippen LogP contribution in [0.15, 0.2) is 22.7 Å². The maximum atomic E-state index is 12.8. The van der Waals surface area contributed by atoms with Crippen LogP contribution < -0.4 is 5.32 Å². The second kappa shape index (κ2) is 7.88. The Morgan fingerprint density at radius 1 is 1.25 bits per heavy atom. The molecule has 1 aromatic carbocycles. The topological polar surface area (TPSA) is 21.3 Å². The summed E-state index contributed by atoms with van der Waals surface area (Å²) in [5.74, 6) is 0. The van der Waals surface area contributed by atoms with Crippen molar-refractivity contribution in [1.29, 1.82) is 0 Å². The predicted molar refractivity (Wildman–Crippen MR) is 78.0 cm³/mol. The van der Waals surface area contributed by atoms with Gasteiger partial charge in [-0.2, -0.15) is 13.2 Å². The predicted octanol–water partition coefficient (Wildman–Crippen LogP) is 5.09. The highest BCUT2D eigenvalue weighted by molar-refractivity contribution is 9.10. The standard InChI is InChI=1S/C14H19BrF3NO/c1-10(2)20-8-4-3-7-19-13-9-11(15)5-6-12(13)14(16,17)18/h5-6,9-10,19H,3-4,7-8H2,1-2H3. The summed E-state index contributed by atoms with van der Waals surface area (Å²) in [6.45, 7) is 5.02.